The van der Waals surface area contributed by atoms with Crippen molar-refractivity contribution in [2.24, 2.45) is 0 Å². The first-order chi connectivity index (χ1) is 7.67. The number of nitrogens with one attached hydrogen (secondary N) is 1. The Morgan fingerprint density at radius 3 is 2.81 bits per heavy atom. The Bertz CT molecular complexity index is 333. The molecule has 1 heterocycles. The molecule has 0 aliphatic rings. The van der Waals surface area contributed by atoms with Gasteiger partial charge in [-0.3, -0.25) is 4.79 Å². The van der Waals surface area contributed by atoms with Crippen LogP contribution in [0.1, 0.15) is 19.4 Å². The van der Waals surface area contributed by atoms with Crippen LogP contribution in [0.3, 0.4) is 0 Å². The fourth-order valence-corrected chi connectivity index (χ4v) is 1.42. The summed E-state index contributed by atoms with van der Waals surface area (Å²) < 4.78 is 2.12. The van der Waals surface area contributed by atoms with Gasteiger partial charge in [-0.05, 0) is 25.5 Å². The van der Waals surface area contributed by atoms with E-state index < -0.39 is 0 Å². The summed E-state index contributed by atoms with van der Waals surface area (Å²) >= 11 is 0. The standard InChI is InChI=1S/C12H21N3O/c1-4-14(3)12(16)9-13-8-11-6-7-15(5-2)10-11/h6-7,10,13H,4-5,8-9H2,1-3H3. The molecular formula is C12H21N3O. The van der Waals surface area contributed by atoms with Gasteiger partial charge in [-0.2, -0.15) is 0 Å². The molecule has 4 nitrogen and oxygen atoms in total. The smallest absolute Gasteiger partial charge is 0.236 e. The van der Waals surface area contributed by atoms with Crippen molar-refractivity contribution in [1.29, 1.82) is 0 Å². The second-order valence-electron chi connectivity index (χ2n) is 3.86. The normalized spacial score (nSPS) is 10.4. The summed E-state index contributed by atoms with van der Waals surface area (Å²) in [6.45, 7) is 6.97. The van der Waals surface area contributed by atoms with Crippen LogP contribution in [0.25, 0.3) is 0 Å². The van der Waals surface area contributed by atoms with E-state index in [-0.39, 0.29) is 5.91 Å². The first-order valence-corrected chi connectivity index (χ1v) is 5.76. The summed E-state index contributed by atoms with van der Waals surface area (Å²) in [5.41, 5.74) is 1.22. The molecule has 0 unspecified atom stereocenters. The molecule has 0 aromatic carbocycles. The number of aryl methyl sites for hydroxylation is 1. The van der Waals surface area contributed by atoms with Gasteiger partial charge in [0.1, 0.15) is 0 Å². The van der Waals surface area contributed by atoms with Crippen LogP contribution in [0.4, 0.5) is 0 Å². The average Bonchev–Trinajstić information content (AvgIpc) is 2.75. The third-order valence-electron chi connectivity index (χ3n) is 2.68. The number of hydrogen-bond acceptors (Lipinski definition) is 2. The van der Waals surface area contributed by atoms with Crippen LogP contribution in [0, 0.1) is 0 Å². The number of carbonyl (C=O) groups excluding carboxylic acids is 1. The lowest BCUT2D eigenvalue weighted by Gasteiger charge is -2.14. The van der Waals surface area contributed by atoms with E-state index >= 15 is 0 Å². The van der Waals surface area contributed by atoms with E-state index in [4.69, 9.17) is 0 Å². The van der Waals surface area contributed by atoms with Gasteiger partial charge in [-0.1, -0.05) is 0 Å². The zero-order chi connectivity index (χ0) is 12.0. The molecule has 1 aromatic rings. The quantitative estimate of drug-likeness (QED) is 0.783. The number of aromatic nitrogens is 1. The maximum Gasteiger partial charge on any atom is 0.236 e. The molecule has 90 valence electrons. The van der Waals surface area contributed by atoms with Gasteiger partial charge >= 0.3 is 0 Å². The summed E-state index contributed by atoms with van der Waals surface area (Å²) in [4.78, 5) is 13.2. The topological polar surface area (TPSA) is 37.3 Å². The second-order valence-corrected chi connectivity index (χ2v) is 3.86. The molecule has 0 aliphatic carbocycles. The van der Waals surface area contributed by atoms with E-state index in [9.17, 15) is 4.79 Å². The van der Waals surface area contributed by atoms with Gasteiger partial charge in [-0.25, -0.2) is 0 Å². The summed E-state index contributed by atoms with van der Waals surface area (Å²) in [5, 5.41) is 3.15. The molecule has 1 rings (SSSR count). The molecule has 1 N–H and O–H groups in total. The minimum Gasteiger partial charge on any atom is -0.354 e. The third-order valence-corrected chi connectivity index (χ3v) is 2.68. The SMILES string of the molecule is CCN(C)C(=O)CNCc1ccn(CC)c1. The number of carbonyl (C=O) groups is 1. The summed E-state index contributed by atoms with van der Waals surface area (Å²) in [5.74, 6) is 0.137. The van der Waals surface area contributed by atoms with Gasteiger partial charge in [0.15, 0.2) is 0 Å². The molecule has 1 aromatic heterocycles. The zero-order valence-electron chi connectivity index (χ0n) is 10.4. The fourth-order valence-electron chi connectivity index (χ4n) is 1.42. The van der Waals surface area contributed by atoms with Gasteiger partial charge < -0.3 is 14.8 Å². The molecule has 0 saturated heterocycles. The Morgan fingerprint density at radius 1 is 1.50 bits per heavy atom. The Labute approximate surface area is 97.2 Å². The van der Waals surface area contributed by atoms with Crippen molar-refractivity contribution in [3.8, 4) is 0 Å². The lowest BCUT2D eigenvalue weighted by molar-refractivity contribution is -0.128. The van der Waals surface area contributed by atoms with Crippen molar-refractivity contribution < 1.29 is 4.79 Å². The fraction of sp³-hybridized carbons (Fsp3) is 0.583. The van der Waals surface area contributed by atoms with Gasteiger partial charge in [0, 0.05) is 39.1 Å². The first-order valence-electron chi connectivity index (χ1n) is 5.76. The molecule has 0 atom stereocenters. The van der Waals surface area contributed by atoms with Gasteiger partial charge in [-0.15, -0.1) is 0 Å². The Kier molecular flexibility index (Phi) is 5.05. The van der Waals surface area contributed by atoms with Crippen LogP contribution in [-0.4, -0.2) is 35.5 Å². The first kappa shape index (κ1) is 12.8. The Morgan fingerprint density at radius 2 is 2.25 bits per heavy atom. The third kappa shape index (κ3) is 3.70. The molecule has 0 bridgehead atoms. The monoisotopic (exact) mass is 223 g/mol. The maximum absolute atomic E-state index is 11.5. The lowest BCUT2D eigenvalue weighted by Crippen LogP contribution is -2.35. The van der Waals surface area contributed by atoms with Crippen LogP contribution < -0.4 is 5.32 Å². The van der Waals surface area contributed by atoms with Crippen molar-refractivity contribution in [2.75, 3.05) is 20.1 Å². The molecule has 0 radical (unpaired) electrons. The van der Waals surface area contributed by atoms with Crippen molar-refractivity contribution in [3.63, 3.8) is 0 Å². The van der Waals surface area contributed by atoms with Crippen LogP contribution in [0.2, 0.25) is 0 Å². The predicted octanol–water partition coefficient (Wildman–Crippen LogP) is 1.08. The van der Waals surface area contributed by atoms with E-state index in [1.165, 1.54) is 5.56 Å². The second kappa shape index (κ2) is 6.33. The highest BCUT2D eigenvalue weighted by atomic mass is 16.2. The van der Waals surface area contributed by atoms with Crippen LogP contribution in [-0.2, 0) is 17.9 Å². The van der Waals surface area contributed by atoms with E-state index in [1.807, 2.05) is 14.0 Å². The van der Waals surface area contributed by atoms with Crippen molar-refractivity contribution >= 4 is 5.91 Å². The molecular weight excluding hydrogens is 202 g/mol. The number of amides is 1. The molecule has 0 fully saturated rings. The molecule has 0 spiro atoms. The largest absolute Gasteiger partial charge is 0.354 e. The molecule has 0 aliphatic heterocycles. The van der Waals surface area contributed by atoms with Crippen LogP contribution >= 0.6 is 0 Å². The van der Waals surface area contributed by atoms with Gasteiger partial charge in [0.2, 0.25) is 5.91 Å². The van der Waals surface area contributed by atoms with E-state index in [0.717, 1.165) is 19.6 Å². The van der Waals surface area contributed by atoms with E-state index in [0.29, 0.717) is 6.54 Å². The highest BCUT2D eigenvalue weighted by Gasteiger charge is 2.05. The molecule has 4 heteroatoms. The number of nitrogens with zero attached hydrogens (tertiary/aromatic N) is 2. The van der Waals surface area contributed by atoms with E-state index in [2.05, 4.69) is 35.3 Å². The Balaban J connectivity index is 2.27. The lowest BCUT2D eigenvalue weighted by atomic mass is 10.3. The van der Waals surface area contributed by atoms with Crippen LogP contribution in [0.5, 0.6) is 0 Å². The van der Waals surface area contributed by atoms with Crippen LogP contribution in [0.15, 0.2) is 18.5 Å². The van der Waals surface area contributed by atoms with Gasteiger partial charge in [0.05, 0.1) is 6.54 Å². The minimum atomic E-state index is 0.137. The number of rotatable bonds is 6. The predicted molar refractivity (Wildman–Crippen MR) is 65.1 cm³/mol. The summed E-state index contributed by atoms with van der Waals surface area (Å²) in [7, 11) is 1.82. The van der Waals surface area contributed by atoms with E-state index in [1.54, 1.807) is 4.90 Å². The zero-order valence-corrected chi connectivity index (χ0v) is 10.4. The van der Waals surface area contributed by atoms with Crippen molar-refractivity contribution in [2.45, 2.75) is 26.9 Å². The van der Waals surface area contributed by atoms with Crippen molar-refractivity contribution in [3.05, 3.63) is 24.0 Å². The average molecular weight is 223 g/mol. The number of likely N-dealkylation sites (N-methyl/N-ethyl adjacent to an activating group) is 1. The molecule has 0 saturated carbocycles. The molecule has 1 amide bonds. The highest BCUT2D eigenvalue weighted by Crippen LogP contribution is 2.00. The minimum absolute atomic E-state index is 0.137. The van der Waals surface area contributed by atoms with Crippen molar-refractivity contribution in [1.82, 2.24) is 14.8 Å². The van der Waals surface area contributed by atoms with Gasteiger partial charge in [0.25, 0.3) is 0 Å². The molecule has 16 heavy (non-hydrogen) atoms. The maximum atomic E-state index is 11.5. The summed E-state index contributed by atoms with van der Waals surface area (Å²) in [6.07, 6.45) is 4.15. The summed E-state index contributed by atoms with van der Waals surface area (Å²) in [6, 6.07) is 2.07. The number of hydrogen-bond donors (Lipinski definition) is 1. The Hall–Kier alpha value is -1.29. The highest BCUT2D eigenvalue weighted by molar-refractivity contribution is 5.77.